The summed E-state index contributed by atoms with van der Waals surface area (Å²) in [5, 5.41) is 42.1. The number of aromatic carboxylic acids is 1. The molecule has 0 saturated carbocycles. The lowest BCUT2D eigenvalue weighted by atomic mass is 10.1. The molecule has 3 unspecified atom stereocenters. The van der Waals surface area contributed by atoms with E-state index in [1.165, 1.54) is 12.1 Å². The monoisotopic (exact) mass is 970 g/mol. The van der Waals surface area contributed by atoms with Gasteiger partial charge in [-0.25, -0.2) is 19.9 Å². The molecule has 8 heterocycles. The van der Waals surface area contributed by atoms with Crippen LogP contribution in [-0.2, 0) is 37.3 Å². The maximum Gasteiger partial charge on any atom is 0.335 e. The number of anilines is 2. The number of hydrogen-bond donors (Lipinski definition) is 5. The minimum atomic E-state index is -1.18. The smallest absolute Gasteiger partial charge is 0.335 e. The Morgan fingerprint density at radius 1 is 0.746 bits per heavy atom. The number of aryl methyl sites for hydroxylation is 5. The molecule has 71 heavy (non-hydrogen) atoms. The molecule has 3 amide bonds. The quantitative estimate of drug-likeness (QED) is 0.0812. The third-order valence-corrected chi connectivity index (χ3v) is 12.9. The standard InChI is InChI=1S/C47H54N16O8/c1-5-62-35(16-26(3)55-62)43(65)51-46-49-33-18-28(42(64)48-13-9-10-39-53-57-58-54-39)20-37-40(33)60(46)14-7-8-15-61-41-34(50-47(61)52-44(66)36-17-27(4)56-63(36)6-2)19-29(45(67)68)21-38(41)70-25-30(24-69-37)59-22-31-11-12-32(23-59)71-31/h7-8,16-21,30-32H,5-6,9-15,22-25H2,1-4H3,(H,48,64)(H,67,68)(H,49,51,65)(H,50,52,66)(H,53,54,57,58)/b8-7+. The molecule has 10 rings (SSSR count). The van der Waals surface area contributed by atoms with E-state index in [4.69, 9.17) is 24.2 Å². The number of carboxylic acid groups (broad SMARTS) is 1. The highest BCUT2D eigenvalue weighted by Gasteiger charge is 2.38. The summed E-state index contributed by atoms with van der Waals surface area (Å²) >= 11 is 0. The molecule has 3 atom stereocenters. The Bertz CT molecular complexity index is 3170. The first kappa shape index (κ1) is 46.7. The van der Waals surface area contributed by atoms with E-state index in [-0.39, 0.29) is 73.2 Å². The molecule has 370 valence electrons. The Morgan fingerprint density at radius 3 is 1.82 bits per heavy atom. The molecule has 5 aromatic heterocycles. The van der Waals surface area contributed by atoms with Crippen LogP contribution in [0.25, 0.3) is 22.1 Å². The molecule has 3 aliphatic heterocycles. The molecule has 5 N–H and O–H groups in total. The fourth-order valence-corrected chi connectivity index (χ4v) is 9.53. The third-order valence-electron chi connectivity index (χ3n) is 12.9. The van der Waals surface area contributed by atoms with Gasteiger partial charge in [0.1, 0.15) is 53.0 Å². The van der Waals surface area contributed by atoms with Crippen molar-refractivity contribution >= 4 is 57.7 Å². The van der Waals surface area contributed by atoms with E-state index in [2.05, 4.69) is 51.7 Å². The van der Waals surface area contributed by atoms with E-state index in [9.17, 15) is 24.3 Å². The number of aromatic amines is 1. The molecular weight excluding hydrogens is 917 g/mol. The first-order valence-electron chi connectivity index (χ1n) is 23.8. The van der Waals surface area contributed by atoms with Crippen molar-refractivity contribution in [1.82, 2.24) is 69.5 Å². The lowest BCUT2D eigenvalue weighted by molar-refractivity contribution is -0.0639. The molecule has 24 nitrogen and oxygen atoms in total. The molecule has 2 aromatic carbocycles. The molecule has 2 bridgehead atoms. The van der Waals surface area contributed by atoms with Crippen molar-refractivity contribution in [3.05, 3.63) is 88.3 Å². The molecule has 24 heteroatoms. The minimum Gasteiger partial charge on any atom is -0.490 e. The number of carbonyl (C=O) groups excluding carboxylic acids is 3. The van der Waals surface area contributed by atoms with Gasteiger partial charge in [0.25, 0.3) is 17.7 Å². The van der Waals surface area contributed by atoms with Gasteiger partial charge in [-0.2, -0.15) is 10.2 Å². The predicted molar refractivity (Wildman–Crippen MR) is 256 cm³/mol. The number of nitrogens with zero attached hydrogens (tertiary/aromatic N) is 12. The number of carbonyl (C=O) groups is 4. The van der Waals surface area contributed by atoms with E-state index in [1.54, 1.807) is 45.1 Å². The van der Waals surface area contributed by atoms with E-state index < -0.39 is 23.8 Å². The summed E-state index contributed by atoms with van der Waals surface area (Å²) in [6, 6.07) is 9.25. The predicted octanol–water partition coefficient (Wildman–Crippen LogP) is 3.77. The number of hydrogen-bond acceptors (Lipinski definition) is 15. The molecular formula is C47H54N16O8. The van der Waals surface area contributed by atoms with Gasteiger partial charge in [-0.15, -0.1) is 5.10 Å². The molecule has 7 aromatic rings. The molecule has 2 saturated heterocycles. The first-order valence-corrected chi connectivity index (χ1v) is 23.8. The van der Waals surface area contributed by atoms with Crippen LogP contribution < -0.4 is 25.4 Å². The van der Waals surface area contributed by atoms with Crippen molar-refractivity contribution in [2.24, 2.45) is 0 Å². The largest absolute Gasteiger partial charge is 0.490 e. The summed E-state index contributed by atoms with van der Waals surface area (Å²) in [6.07, 6.45) is 6.68. The Labute approximate surface area is 405 Å². The van der Waals surface area contributed by atoms with Crippen LogP contribution in [0.4, 0.5) is 11.9 Å². The second-order valence-corrected chi connectivity index (χ2v) is 17.8. The first-order chi connectivity index (χ1) is 34.4. The highest BCUT2D eigenvalue weighted by Crippen LogP contribution is 2.35. The fourth-order valence-electron chi connectivity index (χ4n) is 9.53. The molecule has 2 fully saturated rings. The molecule has 0 aliphatic carbocycles. The van der Waals surface area contributed by atoms with Gasteiger partial charge >= 0.3 is 5.97 Å². The Morgan fingerprint density at radius 2 is 1.30 bits per heavy atom. The second-order valence-electron chi connectivity index (χ2n) is 17.8. The summed E-state index contributed by atoms with van der Waals surface area (Å²) in [7, 11) is 0. The van der Waals surface area contributed by atoms with E-state index in [1.807, 2.05) is 37.5 Å². The fraction of sp³-hybridized carbons (Fsp3) is 0.426. The van der Waals surface area contributed by atoms with Crippen molar-refractivity contribution < 1.29 is 38.5 Å². The Balaban J connectivity index is 1.08. The third kappa shape index (κ3) is 9.66. The Kier molecular flexibility index (Phi) is 13.0. The van der Waals surface area contributed by atoms with Crippen molar-refractivity contribution in [1.29, 1.82) is 0 Å². The summed E-state index contributed by atoms with van der Waals surface area (Å²) in [5.74, 6) is -0.883. The number of rotatable bonds is 13. The van der Waals surface area contributed by atoms with Crippen LogP contribution in [0.1, 0.15) is 92.0 Å². The van der Waals surface area contributed by atoms with Crippen LogP contribution in [0.15, 0.2) is 48.6 Å². The number of carboxylic acids is 1. The normalized spacial score (nSPS) is 18.6. The van der Waals surface area contributed by atoms with Gasteiger partial charge in [0.05, 0.1) is 46.2 Å². The summed E-state index contributed by atoms with van der Waals surface area (Å²) in [5.41, 5.74) is 3.93. The Hall–Kier alpha value is -7.99. The number of morpholine rings is 1. The number of allylic oxidation sites excluding steroid dienone is 2. The van der Waals surface area contributed by atoms with Crippen LogP contribution in [0.5, 0.6) is 11.5 Å². The van der Waals surface area contributed by atoms with Crippen molar-refractivity contribution in [3.8, 4) is 11.5 Å². The topological polar surface area (TPSA) is 281 Å². The van der Waals surface area contributed by atoms with E-state index >= 15 is 0 Å². The van der Waals surface area contributed by atoms with Gasteiger partial charge in [0.15, 0.2) is 0 Å². The number of likely N-dealkylation sites (tertiary alicyclic amines) is 1. The molecule has 3 aliphatic rings. The van der Waals surface area contributed by atoms with Gasteiger partial charge in [0, 0.05) is 57.8 Å². The number of aromatic nitrogens is 12. The maximum absolute atomic E-state index is 14.1. The van der Waals surface area contributed by atoms with Crippen LogP contribution >= 0.6 is 0 Å². The van der Waals surface area contributed by atoms with Crippen LogP contribution in [0, 0.1) is 13.8 Å². The average molecular weight is 971 g/mol. The lowest BCUT2D eigenvalue weighted by Crippen LogP contribution is -2.52. The number of H-pyrrole nitrogens is 1. The number of nitrogens with one attached hydrogen (secondary N) is 4. The van der Waals surface area contributed by atoms with Crippen molar-refractivity contribution in [2.45, 2.75) is 97.8 Å². The van der Waals surface area contributed by atoms with Gasteiger partial charge in [-0.1, -0.05) is 12.2 Å². The summed E-state index contributed by atoms with van der Waals surface area (Å²) < 4.78 is 26.7. The van der Waals surface area contributed by atoms with Gasteiger partial charge in [0.2, 0.25) is 11.9 Å². The van der Waals surface area contributed by atoms with Gasteiger partial charge < -0.3 is 33.8 Å². The summed E-state index contributed by atoms with van der Waals surface area (Å²) in [6.45, 7) is 10.3. The zero-order chi connectivity index (χ0) is 49.3. The highest BCUT2D eigenvalue weighted by molar-refractivity contribution is 6.05. The number of fused-ring (bicyclic) bond motifs is 2. The van der Waals surface area contributed by atoms with E-state index in [0.717, 1.165) is 12.8 Å². The minimum absolute atomic E-state index is 0.0123. The number of imidazole rings is 2. The lowest BCUT2D eigenvalue weighted by Gasteiger charge is -2.37. The van der Waals surface area contributed by atoms with Crippen molar-refractivity contribution in [2.75, 3.05) is 43.5 Å². The van der Waals surface area contributed by atoms with Crippen LogP contribution in [-0.4, -0.2) is 144 Å². The number of benzene rings is 2. The summed E-state index contributed by atoms with van der Waals surface area (Å²) in [4.78, 5) is 66.6. The van der Waals surface area contributed by atoms with Gasteiger partial charge in [-0.05, 0) is 93.8 Å². The number of ether oxygens (including phenoxy) is 3. The SMILES string of the molecule is CCn1nc(C)cc1C(=O)Nc1nc2cc(C(=O)O)cc3c2n1C/C=C/Cn1c(NC(=O)c2cc(C)nn2CC)nc2cc(C(=O)NCCCc4nnn[nH]4)cc(c21)OCC(N1CC2CCC(C1)O2)CO3. The molecule has 0 radical (unpaired) electrons. The van der Waals surface area contributed by atoms with E-state index in [0.29, 0.717) is 102 Å². The zero-order valence-electron chi connectivity index (χ0n) is 39.7. The number of amides is 3. The van der Waals surface area contributed by atoms with Crippen molar-refractivity contribution in [3.63, 3.8) is 0 Å². The van der Waals surface area contributed by atoms with Gasteiger partial charge in [-0.3, -0.25) is 39.3 Å². The molecule has 0 spiro atoms. The second kappa shape index (κ2) is 19.8. The van der Waals surface area contributed by atoms with Crippen LogP contribution in [0.2, 0.25) is 0 Å². The highest BCUT2D eigenvalue weighted by atomic mass is 16.5. The van der Waals surface area contributed by atoms with Crippen LogP contribution in [0.3, 0.4) is 0 Å². The zero-order valence-corrected chi connectivity index (χ0v) is 39.7. The maximum atomic E-state index is 14.1. The average Bonchev–Trinajstić information content (AvgIpc) is 4.23. The number of tetrazole rings is 1.